The average molecular weight is 271 g/mol. The Kier molecular flexibility index (Phi) is 4.91. The molecule has 20 heavy (non-hydrogen) atoms. The first kappa shape index (κ1) is 14.7. The minimum Gasteiger partial charge on any atom is -0.316 e. The van der Waals surface area contributed by atoms with E-state index in [9.17, 15) is 4.39 Å². The van der Waals surface area contributed by atoms with Crippen LogP contribution in [0.1, 0.15) is 22.3 Å². The number of hydrogen-bond acceptors (Lipinski definition) is 1. The second-order valence-electron chi connectivity index (χ2n) is 5.39. The van der Waals surface area contributed by atoms with Gasteiger partial charge in [-0.15, -0.1) is 0 Å². The summed E-state index contributed by atoms with van der Waals surface area (Å²) in [7, 11) is 1.97. The highest BCUT2D eigenvalue weighted by molar-refractivity contribution is 5.30. The van der Waals surface area contributed by atoms with E-state index in [0.717, 1.165) is 24.0 Å². The third-order valence-corrected chi connectivity index (χ3v) is 3.91. The normalized spacial score (nSPS) is 12.4. The van der Waals surface area contributed by atoms with E-state index in [1.54, 1.807) is 6.07 Å². The molecule has 0 fully saturated rings. The summed E-state index contributed by atoms with van der Waals surface area (Å²) in [6, 6.07) is 13.8. The number of rotatable bonds is 5. The van der Waals surface area contributed by atoms with Gasteiger partial charge in [-0.3, -0.25) is 0 Å². The second-order valence-corrected chi connectivity index (χ2v) is 5.39. The summed E-state index contributed by atoms with van der Waals surface area (Å²) in [5.74, 6) is -0.156. The van der Waals surface area contributed by atoms with Gasteiger partial charge in [-0.1, -0.05) is 30.3 Å². The fraction of sp³-hybridized carbons (Fsp3) is 0.333. The van der Waals surface area contributed by atoms with Gasteiger partial charge in [-0.25, -0.2) is 4.39 Å². The van der Waals surface area contributed by atoms with Crippen molar-refractivity contribution in [2.24, 2.45) is 0 Å². The van der Waals surface area contributed by atoms with E-state index in [2.05, 4.69) is 36.5 Å². The number of benzene rings is 2. The van der Waals surface area contributed by atoms with Crippen LogP contribution in [0.15, 0.2) is 42.5 Å². The Morgan fingerprint density at radius 1 is 0.950 bits per heavy atom. The summed E-state index contributed by atoms with van der Waals surface area (Å²) >= 11 is 0. The molecule has 1 nitrogen and oxygen atoms in total. The highest BCUT2D eigenvalue weighted by atomic mass is 19.1. The van der Waals surface area contributed by atoms with Crippen molar-refractivity contribution in [3.63, 3.8) is 0 Å². The molecule has 0 radical (unpaired) electrons. The summed E-state index contributed by atoms with van der Waals surface area (Å²) in [6.07, 6.45) is 1.80. The predicted octanol–water partition coefficient (Wildman–Crippen LogP) is 3.82. The van der Waals surface area contributed by atoms with Crippen LogP contribution in [0.2, 0.25) is 0 Å². The van der Waals surface area contributed by atoms with Gasteiger partial charge in [0.05, 0.1) is 0 Å². The zero-order valence-corrected chi connectivity index (χ0v) is 12.4. The third-order valence-electron chi connectivity index (χ3n) is 3.91. The van der Waals surface area contributed by atoms with Gasteiger partial charge >= 0.3 is 0 Å². The Morgan fingerprint density at radius 3 is 2.30 bits per heavy atom. The molecule has 0 heterocycles. The Morgan fingerprint density at radius 2 is 1.60 bits per heavy atom. The lowest BCUT2D eigenvalue weighted by molar-refractivity contribution is 0.550. The van der Waals surface area contributed by atoms with Crippen LogP contribution in [0.25, 0.3) is 0 Å². The van der Waals surface area contributed by atoms with E-state index in [4.69, 9.17) is 0 Å². The molecule has 2 aromatic rings. The molecule has 1 unspecified atom stereocenters. The first-order valence-corrected chi connectivity index (χ1v) is 7.07. The van der Waals surface area contributed by atoms with Crippen molar-refractivity contribution in [3.05, 3.63) is 70.5 Å². The summed E-state index contributed by atoms with van der Waals surface area (Å²) in [6.45, 7) is 4.17. The molecule has 0 spiro atoms. The molecule has 1 N–H and O–H groups in total. The Bertz CT molecular complexity index is 577. The van der Waals surface area contributed by atoms with Crippen LogP contribution in [0.5, 0.6) is 0 Å². The largest absolute Gasteiger partial charge is 0.316 e. The lowest BCUT2D eigenvalue weighted by Gasteiger charge is -2.19. The van der Waals surface area contributed by atoms with Crippen molar-refractivity contribution < 1.29 is 4.39 Å². The smallest absolute Gasteiger partial charge is 0.123 e. The zero-order chi connectivity index (χ0) is 14.5. The van der Waals surface area contributed by atoms with Crippen molar-refractivity contribution in [2.75, 3.05) is 7.05 Å². The van der Waals surface area contributed by atoms with Crippen LogP contribution in [-0.4, -0.2) is 13.1 Å². The highest BCUT2D eigenvalue weighted by Crippen LogP contribution is 2.16. The van der Waals surface area contributed by atoms with Crippen LogP contribution < -0.4 is 5.32 Å². The topological polar surface area (TPSA) is 12.0 Å². The van der Waals surface area contributed by atoms with Crippen molar-refractivity contribution in [1.82, 2.24) is 5.32 Å². The summed E-state index contributed by atoms with van der Waals surface area (Å²) in [4.78, 5) is 0. The van der Waals surface area contributed by atoms with Gasteiger partial charge in [0.25, 0.3) is 0 Å². The minimum atomic E-state index is -0.156. The zero-order valence-electron chi connectivity index (χ0n) is 12.4. The van der Waals surface area contributed by atoms with E-state index in [-0.39, 0.29) is 5.82 Å². The van der Waals surface area contributed by atoms with Gasteiger partial charge < -0.3 is 5.32 Å². The van der Waals surface area contributed by atoms with Crippen LogP contribution >= 0.6 is 0 Å². The van der Waals surface area contributed by atoms with Crippen molar-refractivity contribution in [3.8, 4) is 0 Å². The van der Waals surface area contributed by atoms with Gasteiger partial charge in [0.2, 0.25) is 0 Å². The molecule has 0 aliphatic carbocycles. The molecule has 106 valence electrons. The van der Waals surface area contributed by atoms with Crippen LogP contribution in [0, 0.1) is 19.7 Å². The number of aryl methyl sites for hydroxylation is 2. The fourth-order valence-electron chi connectivity index (χ4n) is 2.51. The Balaban J connectivity index is 2.13. The van der Waals surface area contributed by atoms with Crippen LogP contribution in [-0.2, 0) is 12.8 Å². The molecule has 0 saturated heterocycles. The quantitative estimate of drug-likeness (QED) is 0.872. The molecule has 2 rings (SSSR count). The van der Waals surface area contributed by atoms with E-state index in [0.29, 0.717) is 6.04 Å². The van der Waals surface area contributed by atoms with Gasteiger partial charge in [0, 0.05) is 6.04 Å². The monoisotopic (exact) mass is 271 g/mol. The molecule has 0 bridgehead atoms. The maximum absolute atomic E-state index is 13.4. The summed E-state index contributed by atoms with van der Waals surface area (Å²) in [5.41, 5.74) is 4.89. The first-order chi connectivity index (χ1) is 9.60. The molecular formula is C18H22FN. The lowest BCUT2D eigenvalue weighted by atomic mass is 9.94. The number of likely N-dealkylation sites (N-methyl/N-ethyl adjacent to an activating group) is 1. The Labute approximate surface area is 120 Å². The van der Waals surface area contributed by atoms with E-state index < -0.39 is 0 Å². The number of hydrogen-bond donors (Lipinski definition) is 1. The SMILES string of the molecule is CNC(Cc1ccccc1C)Cc1cc(F)ccc1C. The van der Waals surface area contributed by atoms with Crippen LogP contribution in [0.4, 0.5) is 4.39 Å². The average Bonchev–Trinajstić information content (AvgIpc) is 2.44. The van der Waals surface area contributed by atoms with E-state index in [1.165, 1.54) is 17.2 Å². The summed E-state index contributed by atoms with van der Waals surface area (Å²) < 4.78 is 13.4. The first-order valence-electron chi connectivity index (χ1n) is 7.07. The van der Waals surface area contributed by atoms with Gasteiger partial charge in [-0.2, -0.15) is 0 Å². The predicted molar refractivity (Wildman–Crippen MR) is 82.6 cm³/mol. The molecule has 0 aliphatic rings. The maximum atomic E-state index is 13.4. The molecule has 2 aromatic carbocycles. The molecule has 0 aliphatic heterocycles. The number of nitrogens with one attached hydrogen (secondary N) is 1. The second kappa shape index (κ2) is 6.67. The van der Waals surface area contributed by atoms with Crippen LogP contribution in [0.3, 0.4) is 0 Å². The molecule has 2 heteroatoms. The van der Waals surface area contributed by atoms with Crippen molar-refractivity contribution in [1.29, 1.82) is 0 Å². The molecular weight excluding hydrogens is 249 g/mol. The minimum absolute atomic E-state index is 0.156. The van der Waals surface area contributed by atoms with E-state index >= 15 is 0 Å². The van der Waals surface area contributed by atoms with Crippen molar-refractivity contribution >= 4 is 0 Å². The fourth-order valence-corrected chi connectivity index (χ4v) is 2.51. The standard InChI is InChI=1S/C18H22FN/c1-13-6-4-5-7-15(13)11-18(20-3)12-16-10-17(19)9-8-14(16)2/h4-10,18,20H,11-12H2,1-3H3. The maximum Gasteiger partial charge on any atom is 0.123 e. The lowest BCUT2D eigenvalue weighted by Crippen LogP contribution is -2.30. The van der Waals surface area contributed by atoms with E-state index in [1.807, 2.05) is 20.0 Å². The molecule has 0 amide bonds. The highest BCUT2D eigenvalue weighted by Gasteiger charge is 2.11. The van der Waals surface area contributed by atoms with Gasteiger partial charge in [-0.05, 0) is 68.1 Å². The molecule has 1 atom stereocenters. The third kappa shape index (κ3) is 3.67. The number of halogens is 1. The van der Waals surface area contributed by atoms with Gasteiger partial charge in [0.15, 0.2) is 0 Å². The Hall–Kier alpha value is -1.67. The van der Waals surface area contributed by atoms with Crippen molar-refractivity contribution in [2.45, 2.75) is 32.7 Å². The van der Waals surface area contributed by atoms with Gasteiger partial charge in [0.1, 0.15) is 5.82 Å². The molecule has 0 aromatic heterocycles. The summed E-state index contributed by atoms with van der Waals surface area (Å²) in [5, 5.41) is 3.35. The molecule has 0 saturated carbocycles.